The zero-order valence-electron chi connectivity index (χ0n) is 12.3. The molecule has 0 radical (unpaired) electrons. The largest absolute Gasteiger partial charge is 0.477 e. The second-order valence-corrected chi connectivity index (χ2v) is 6.17. The van der Waals surface area contributed by atoms with Gasteiger partial charge in [-0.25, -0.2) is 4.98 Å². The lowest BCUT2D eigenvalue weighted by Crippen LogP contribution is -2.18. The summed E-state index contributed by atoms with van der Waals surface area (Å²) in [5, 5.41) is 1.07. The molecule has 0 fully saturated rings. The summed E-state index contributed by atoms with van der Waals surface area (Å²) in [4.78, 5) is 4.70. The molecule has 0 spiro atoms. The van der Waals surface area contributed by atoms with Crippen molar-refractivity contribution in [3.63, 3.8) is 0 Å². The predicted octanol–water partition coefficient (Wildman–Crippen LogP) is 3.50. The minimum Gasteiger partial charge on any atom is -0.477 e. The SMILES string of the molecule is COC1C=COc2c1ccc1cc3c(nc21)OCC3(C)C. The Morgan fingerprint density at radius 2 is 2.19 bits per heavy atom. The average molecular weight is 283 g/mol. The van der Waals surface area contributed by atoms with E-state index in [4.69, 9.17) is 19.2 Å². The molecule has 4 nitrogen and oxygen atoms in total. The molecule has 3 heterocycles. The van der Waals surface area contributed by atoms with Crippen LogP contribution in [-0.2, 0) is 10.2 Å². The number of pyridine rings is 1. The quantitative estimate of drug-likeness (QED) is 0.803. The minimum atomic E-state index is -0.0921. The Hall–Kier alpha value is -2.07. The van der Waals surface area contributed by atoms with E-state index in [1.165, 1.54) is 0 Å². The first-order valence-electron chi connectivity index (χ1n) is 7.07. The first-order chi connectivity index (χ1) is 10.1. The fourth-order valence-electron chi connectivity index (χ4n) is 2.97. The van der Waals surface area contributed by atoms with Crippen molar-refractivity contribution in [2.24, 2.45) is 0 Å². The number of fused-ring (bicyclic) bond motifs is 4. The predicted molar refractivity (Wildman–Crippen MR) is 79.8 cm³/mol. The van der Waals surface area contributed by atoms with Crippen LogP contribution in [0.25, 0.3) is 10.9 Å². The van der Waals surface area contributed by atoms with Gasteiger partial charge in [-0.2, -0.15) is 0 Å². The topological polar surface area (TPSA) is 40.6 Å². The highest BCUT2D eigenvalue weighted by atomic mass is 16.5. The van der Waals surface area contributed by atoms with E-state index in [2.05, 4.69) is 26.0 Å². The third-order valence-corrected chi connectivity index (χ3v) is 4.24. The summed E-state index contributed by atoms with van der Waals surface area (Å²) in [5.41, 5.74) is 2.99. The summed E-state index contributed by atoms with van der Waals surface area (Å²) >= 11 is 0. The Morgan fingerprint density at radius 1 is 1.33 bits per heavy atom. The molecule has 0 amide bonds. The molecule has 2 aliphatic heterocycles. The Kier molecular flexibility index (Phi) is 2.54. The van der Waals surface area contributed by atoms with Crippen molar-refractivity contribution in [3.8, 4) is 11.6 Å². The van der Waals surface area contributed by atoms with Gasteiger partial charge in [-0.05, 0) is 12.1 Å². The van der Waals surface area contributed by atoms with Crippen molar-refractivity contribution < 1.29 is 14.2 Å². The van der Waals surface area contributed by atoms with Crippen LogP contribution in [0.15, 0.2) is 30.5 Å². The zero-order chi connectivity index (χ0) is 14.6. The summed E-state index contributed by atoms with van der Waals surface area (Å²) in [7, 11) is 1.69. The van der Waals surface area contributed by atoms with E-state index in [0.29, 0.717) is 12.5 Å². The second-order valence-electron chi connectivity index (χ2n) is 6.17. The van der Waals surface area contributed by atoms with Crippen molar-refractivity contribution in [2.45, 2.75) is 25.4 Å². The lowest BCUT2D eigenvalue weighted by Gasteiger charge is -2.21. The highest BCUT2D eigenvalue weighted by molar-refractivity contribution is 5.88. The third-order valence-electron chi connectivity index (χ3n) is 4.24. The summed E-state index contributed by atoms with van der Waals surface area (Å²) in [6.45, 7) is 5.01. The number of hydrogen-bond acceptors (Lipinski definition) is 4. The average Bonchev–Trinajstić information content (AvgIpc) is 2.79. The molecule has 4 rings (SSSR count). The van der Waals surface area contributed by atoms with Crippen LogP contribution >= 0.6 is 0 Å². The molecular formula is C17H17NO3. The molecule has 0 aliphatic carbocycles. The Labute approximate surface area is 123 Å². The number of hydrogen-bond donors (Lipinski definition) is 0. The van der Waals surface area contributed by atoms with Gasteiger partial charge in [0.2, 0.25) is 5.88 Å². The summed E-state index contributed by atoms with van der Waals surface area (Å²) in [5.74, 6) is 1.48. The number of methoxy groups -OCH3 is 1. The molecule has 0 N–H and O–H groups in total. The molecule has 108 valence electrons. The molecule has 1 aromatic heterocycles. The fourth-order valence-corrected chi connectivity index (χ4v) is 2.97. The smallest absolute Gasteiger partial charge is 0.217 e. The van der Waals surface area contributed by atoms with E-state index in [1.54, 1.807) is 13.4 Å². The van der Waals surface area contributed by atoms with E-state index in [0.717, 1.165) is 27.8 Å². The van der Waals surface area contributed by atoms with Gasteiger partial charge in [-0.15, -0.1) is 0 Å². The van der Waals surface area contributed by atoms with Crippen LogP contribution in [0.1, 0.15) is 31.1 Å². The van der Waals surface area contributed by atoms with Gasteiger partial charge in [-0.3, -0.25) is 0 Å². The van der Waals surface area contributed by atoms with Gasteiger partial charge in [0.05, 0.1) is 12.9 Å². The standard InChI is InChI=1S/C17H17NO3/c1-17(2)9-21-16-12(17)8-10-4-5-11-13(19-3)6-7-20-15(11)14(10)18-16/h4-8,13H,9H2,1-3H3. The molecular weight excluding hydrogens is 266 g/mol. The van der Waals surface area contributed by atoms with Crippen molar-refractivity contribution in [2.75, 3.05) is 13.7 Å². The van der Waals surface area contributed by atoms with Crippen LogP contribution in [0.3, 0.4) is 0 Å². The maximum atomic E-state index is 5.75. The van der Waals surface area contributed by atoms with Crippen LogP contribution in [0.4, 0.5) is 0 Å². The lowest BCUT2D eigenvalue weighted by atomic mass is 9.87. The van der Waals surface area contributed by atoms with Gasteiger partial charge in [0.1, 0.15) is 11.6 Å². The van der Waals surface area contributed by atoms with Crippen LogP contribution in [0.2, 0.25) is 0 Å². The highest BCUT2D eigenvalue weighted by Crippen LogP contribution is 2.43. The zero-order valence-corrected chi connectivity index (χ0v) is 12.3. The van der Waals surface area contributed by atoms with Gasteiger partial charge < -0.3 is 14.2 Å². The van der Waals surface area contributed by atoms with Crippen LogP contribution in [-0.4, -0.2) is 18.7 Å². The van der Waals surface area contributed by atoms with Crippen LogP contribution in [0, 0.1) is 0 Å². The molecule has 0 bridgehead atoms. The van der Waals surface area contributed by atoms with Gasteiger partial charge in [0.25, 0.3) is 0 Å². The Morgan fingerprint density at radius 3 is 3.00 bits per heavy atom. The van der Waals surface area contributed by atoms with E-state index in [9.17, 15) is 0 Å². The van der Waals surface area contributed by atoms with Crippen LogP contribution in [0.5, 0.6) is 11.6 Å². The normalized spacial score (nSPS) is 21.6. The van der Waals surface area contributed by atoms with Crippen molar-refractivity contribution in [1.29, 1.82) is 0 Å². The number of rotatable bonds is 1. The van der Waals surface area contributed by atoms with E-state index in [-0.39, 0.29) is 11.5 Å². The first-order valence-corrected chi connectivity index (χ1v) is 7.07. The number of nitrogens with zero attached hydrogens (tertiary/aromatic N) is 1. The molecule has 0 saturated carbocycles. The second kappa shape index (κ2) is 4.21. The highest BCUT2D eigenvalue weighted by Gasteiger charge is 2.34. The summed E-state index contributed by atoms with van der Waals surface area (Å²) < 4.78 is 16.9. The van der Waals surface area contributed by atoms with Crippen molar-refractivity contribution >= 4 is 10.9 Å². The maximum Gasteiger partial charge on any atom is 0.217 e. The molecule has 4 heteroatoms. The van der Waals surface area contributed by atoms with Gasteiger partial charge in [-0.1, -0.05) is 26.0 Å². The maximum absolute atomic E-state index is 5.75. The number of aromatic nitrogens is 1. The molecule has 1 atom stereocenters. The fraction of sp³-hybridized carbons (Fsp3) is 0.353. The first kappa shape index (κ1) is 12.7. The molecule has 21 heavy (non-hydrogen) atoms. The van der Waals surface area contributed by atoms with Crippen molar-refractivity contribution in [1.82, 2.24) is 4.98 Å². The van der Waals surface area contributed by atoms with E-state index < -0.39 is 0 Å². The Bertz CT molecular complexity index is 764. The van der Waals surface area contributed by atoms with Crippen LogP contribution < -0.4 is 9.47 Å². The number of ether oxygens (including phenoxy) is 3. The molecule has 1 unspecified atom stereocenters. The van der Waals surface area contributed by atoms with Gasteiger partial charge in [0.15, 0.2) is 5.75 Å². The molecule has 2 aliphatic rings. The van der Waals surface area contributed by atoms with Gasteiger partial charge in [0, 0.05) is 29.0 Å². The van der Waals surface area contributed by atoms with Gasteiger partial charge >= 0.3 is 0 Å². The monoisotopic (exact) mass is 283 g/mol. The molecule has 1 aromatic carbocycles. The summed E-state index contributed by atoms with van der Waals surface area (Å²) in [6, 6.07) is 6.28. The lowest BCUT2D eigenvalue weighted by molar-refractivity contribution is 0.134. The van der Waals surface area contributed by atoms with E-state index in [1.807, 2.05) is 12.1 Å². The molecule has 0 saturated heterocycles. The molecule has 2 aromatic rings. The third kappa shape index (κ3) is 1.75. The number of benzene rings is 1. The summed E-state index contributed by atoms with van der Waals surface area (Å²) in [6.07, 6.45) is 3.46. The van der Waals surface area contributed by atoms with Crippen molar-refractivity contribution in [3.05, 3.63) is 41.7 Å². The minimum absolute atomic E-state index is 0.00223. The van der Waals surface area contributed by atoms with E-state index >= 15 is 0 Å². The Balaban J connectivity index is 1.97.